The molecule has 0 spiro atoms. The fourth-order valence-electron chi connectivity index (χ4n) is 1.58. The molecule has 0 saturated heterocycles. The van der Waals surface area contributed by atoms with Crippen molar-refractivity contribution in [3.8, 4) is 0 Å². The monoisotopic (exact) mass is 321 g/mol. The molecule has 0 unspecified atom stereocenters. The lowest BCUT2D eigenvalue weighted by Gasteiger charge is -2.03. The van der Waals surface area contributed by atoms with Crippen molar-refractivity contribution in [1.82, 2.24) is 4.72 Å². The second-order valence-electron chi connectivity index (χ2n) is 4.14. The molecular weight excluding hydrogens is 310 g/mol. The van der Waals surface area contributed by atoms with E-state index in [1.54, 1.807) is 42.5 Å². The van der Waals surface area contributed by atoms with Crippen LogP contribution in [-0.2, 0) is 10.0 Å². The summed E-state index contributed by atoms with van der Waals surface area (Å²) in [5.41, 5.74) is 0.426. The summed E-state index contributed by atoms with van der Waals surface area (Å²) >= 11 is 5.73. The van der Waals surface area contributed by atoms with Crippen LogP contribution in [0.4, 0.5) is 0 Å². The first-order valence-corrected chi connectivity index (χ1v) is 7.89. The number of hydrogen-bond donors (Lipinski definition) is 1. The topological polar surface area (TPSA) is 63.2 Å². The van der Waals surface area contributed by atoms with Crippen molar-refractivity contribution in [3.05, 3.63) is 77.5 Å². The predicted molar refractivity (Wildman–Crippen MR) is 81.7 cm³/mol. The number of nitrogens with one attached hydrogen (secondary N) is 1. The molecule has 0 amide bonds. The van der Waals surface area contributed by atoms with E-state index in [1.807, 2.05) is 0 Å². The van der Waals surface area contributed by atoms with Gasteiger partial charge in [0.1, 0.15) is 0 Å². The number of ketones is 1. The average Bonchev–Trinajstić information content (AvgIpc) is 2.48. The lowest BCUT2D eigenvalue weighted by molar-refractivity contribution is 0.104. The zero-order valence-corrected chi connectivity index (χ0v) is 12.4. The predicted octanol–water partition coefficient (Wildman–Crippen LogP) is 3.01. The second-order valence-corrected chi connectivity index (χ2v) is 6.29. The summed E-state index contributed by atoms with van der Waals surface area (Å²) in [7, 11) is -3.65. The van der Waals surface area contributed by atoms with Gasteiger partial charge in [-0.25, -0.2) is 8.42 Å². The largest absolute Gasteiger partial charge is 0.289 e. The minimum Gasteiger partial charge on any atom is -0.289 e. The van der Waals surface area contributed by atoms with Gasteiger partial charge in [-0.2, -0.15) is 0 Å². The zero-order valence-electron chi connectivity index (χ0n) is 10.9. The van der Waals surface area contributed by atoms with Crippen LogP contribution in [0.2, 0.25) is 5.02 Å². The van der Waals surface area contributed by atoms with Gasteiger partial charge < -0.3 is 0 Å². The summed E-state index contributed by atoms with van der Waals surface area (Å²) in [4.78, 5) is 11.9. The van der Waals surface area contributed by atoms with Crippen molar-refractivity contribution in [2.45, 2.75) is 4.90 Å². The van der Waals surface area contributed by atoms with Gasteiger partial charge in [-0.05, 0) is 36.4 Å². The number of rotatable bonds is 5. The van der Waals surface area contributed by atoms with Gasteiger partial charge in [0.25, 0.3) is 10.0 Å². The zero-order chi connectivity index (χ0) is 15.3. The molecule has 0 fully saturated rings. The minimum atomic E-state index is -3.65. The van der Waals surface area contributed by atoms with Crippen molar-refractivity contribution in [1.29, 1.82) is 0 Å². The normalized spacial score (nSPS) is 11.5. The van der Waals surface area contributed by atoms with Crippen LogP contribution in [0.3, 0.4) is 0 Å². The quantitative estimate of drug-likeness (QED) is 0.680. The lowest BCUT2D eigenvalue weighted by atomic mass is 10.1. The van der Waals surface area contributed by atoms with Gasteiger partial charge in [0.2, 0.25) is 0 Å². The molecule has 2 rings (SSSR count). The molecule has 0 aromatic heterocycles. The molecule has 0 saturated carbocycles. The number of hydrogen-bond acceptors (Lipinski definition) is 3. The number of allylic oxidation sites excluding steroid dienone is 1. The Bertz CT molecular complexity index is 753. The molecule has 0 bridgehead atoms. The van der Waals surface area contributed by atoms with Crippen LogP contribution in [0, 0.1) is 0 Å². The van der Waals surface area contributed by atoms with Crippen molar-refractivity contribution < 1.29 is 13.2 Å². The highest BCUT2D eigenvalue weighted by atomic mass is 35.5. The molecule has 0 aliphatic carbocycles. The van der Waals surface area contributed by atoms with E-state index in [0.717, 1.165) is 12.3 Å². The highest BCUT2D eigenvalue weighted by Crippen LogP contribution is 2.10. The van der Waals surface area contributed by atoms with E-state index in [0.29, 0.717) is 10.6 Å². The van der Waals surface area contributed by atoms with E-state index in [1.165, 1.54) is 12.1 Å². The van der Waals surface area contributed by atoms with Crippen LogP contribution in [0.1, 0.15) is 10.4 Å². The van der Waals surface area contributed by atoms with Crippen molar-refractivity contribution in [2.75, 3.05) is 0 Å². The van der Waals surface area contributed by atoms with Crippen molar-refractivity contribution in [3.63, 3.8) is 0 Å². The Morgan fingerprint density at radius 3 is 2.24 bits per heavy atom. The van der Waals surface area contributed by atoms with Crippen LogP contribution in [0.5, 0.6) is 0 Å². The van der Waals surface area contributed by atoms with E-state index in [4.69, 9.17) is 11.6 Å². The molecule has 6 heteroatoms. The molecule has 21 heavy (non-hydrogen) atoms. The summed E-state index contributed by atoms with van der Waals surface area (Å²) in [6, 6.07) is 14.2. The number of halogens is 1. The Morgan fingerprint density at radius 1 is 1.00 bits per heavy atom. The summed E-state index contributed by atoms with van der Waals surface area (Å²) in [5.74, 6) is -0.317. The Labute approximate surface area is 128 Å². The summed E-state index contributed by atoms with van der Waals surface area (Å²) in [5, 5.41) is 0.528. The Balaban J connectivity index is 2.05. The van der Waals surface area contributed by atoms with E-state index < -0.39 is 10.0 Å². The first kappa shape index (κ1) is 15.3. The molecule has 0 aliphatic rings. The summed E-state index contributed by atoms with van der Waals surface area (Å²) < 4.78 is 26.0. The third-order valence-electron chi connectivity index (χ3n) is 2.64. The maximum atomic E-state index is 11.9. The highest BCUT2D eigenvalue weighted by Gasteiger charge is 2.10. The molecular formula is C15H12ClNO3S. The van der Waals surface area contributed by atoms with Crippen LogP contribution >= 0.6 is 11.6 Å². The van der Waals surface area contributed by atoms with Crippen LogP contribution < -0.4 is 4.72 Å². The second kappa shape index (κ2) is 6.56. The molecule has 2 aromatic rings. The first-order chi connectivity index (χ1) is 9.99. The molecule has 0 atom stereocenters. The van der Waals surface area contributed by atoms with Gasteiger partial charge >= 0.3 is 0 Å². The Morgan fingerprint density at radius 2 is 1.62 bits per heavy atom. The van der Waals surface area contributed by atoms with Gasteiger partial charge in [-0.15, -0.1) is 0 Å². The van der Waals surface area contributed by atoms with Crippen LogP contribution in [0.25, 0.3) is 0 Å². The molecule has 0 heterocycles. The van der Waals surface area contributed by atoms with E-state index >= 15 is 0 Å². The molecule has 4 nitrogen and oxygen atoms in total. The van der Waals surface area contributed by atoms with E-state index in [2.05, 4.69) is 4.72 Å². The van der Waals surface area contributed by atoms with Gasteiger partial charge in [-0.1, -0.05) is 29.8 Å². The first-order valence-electron chi connectivity index (χ1n) is 6.03. The number of carbonyl (C=O) groups is 1. The van der Waals surface area contributed by atoms with Gasteiger partial charge in [-0.3, -0.25) is 9.52 Å². The third-order valence-corrected chi connectivity index (χ3v) is 4.23. The van der Waals surface area contributed by atoms with Gasteiger partial charge in [0, 0.05) is 22.9 Å². The number of benzene rings is 2. The molecule has 108 valence electrons. The fraction of sp³-hybridized carbons (Fsp3) is 0. The van der Waals surface area contributed by atoms with Gasteiger partial charge in [0.05, 0.1) is 4.90 Å². The van der Waals surface area contributed by atoms with Crippen LogP contribution in [-0.4, -0.2) is 14.2 Å². The van der Waals surface area contributed by atoms with Crippen molar-refractivity contribution in [2.24, 2.45) is 0 Å². The van der Waals surface area contributed by atoms with E-state index in [9.17, 15) is 13.2 Å². The lowest BCUT2D eigenvalue weighted by Crippen LogP contribution is -2.18. The molecule has 0 aliphatic heterocycles. The molecule has 0 radical (unpaired) electrons. The fourth-order valence-corrected chi connectivity index (χ4v) is 2.60. The summed E-state index contributed by atoms with van der Waals surface area (Å²) in [6.07, 6.45) is 2.27. The SMILES string of the molecule is O=C(C=CNS(=O)(=O)c1ccccc1)c1ccc(Cl)cc1. The van der Waals surface area contributed by atoms with Crippen molar-refractivity contribution >= 4 is 27.4 Å². The number of carbonyl (C=O) groups excluding carboxylic acids is 1. The molecule has 2 aromatic carbocycles. The highest BCUT2D eigenvalue weighted by molar-refractivity contribution is 7.89. The Hall–Kier alpha value is -2.11. The van der Waals surface area contributed by atoms with Gasteiger partial charge in [0.15, 0.2) is 5.78 Å². The average molecular weight is 322 g/mol. The van der Waals surface area contributed by atoms with Crippen LogP contribution in [0.15, 0.2) is 71.8 Å². The third kappa shape index (κ3) is 4.18. The maximum Gasteiger partial charge on any atom is 0.261 e. The molecule has 1 N–H and O–H groups in total. The minimum absolute atomic E-state index is 0.133. The Kier molecular flexibility index (Phi) is 4.77. The van der Waals surface area contributed by atoms with E-state index in [-0.39, 0.29) is 10.7 Å². The maximum absolute atomic E-state index is 11.9. The summed E-state index contributed by atoms with van der Waals surface area (Å²) in [6.45, 7) is 0. The number of sulfonamides is 1. The standard InChI is InChI=1S/C15H12ClNO3S/c16-13-8-6-12(7-9-13)15(18)10-11-17-21(19,20)14-4-2-1-3-5-14/h1-11,17H. The smallest absolute Gasteiger partial charge is 0.261 e.